The first-order valence-corrected chi connectivity index (χ1v) is 6.90. The molecule has 0 aromatic carbocycles. The Kier molecular flexibility index (Phi) is 5.69. The topological polar surface area (TPSA) is 88.4 Å². The van der Waals surface area contributed by atoms with Crippen molar-refractivity contribution in [2.45, 2.75) is 27.2 Å². The SMILES string of the molecule is CC(=O)c1cc(C(=O)NCC(CC(C)C)C(=O)O)n(C)c1. The lowest BCUT2D eigenvalue weighted by molar-refractivity contribution is -0.142. The third kappa shape index (κ3) is 4.73. The highest BCUT2D eigenvalue weighted by molar-refractivity contribution is 5.99. The molecule has 6 heteroatoms. The van der Waals surface area contributed by atoms with Gasteiger partial charge in [0.25, 0.3) is 5.91 Å². The molecule has 2 N–H and O–H groups in total. The molecule has 0 radical (unpaired) electrons. The van der Waals surface area contributed by atoms with Crippen molar-refractivity contribution >= 4 is 17.7 Å². The molecule has 0 saturated carbocycles. The van der Waals surface area contributed by atoms with Gasteiger partial charge in [0.05, 0.1) is 5.92 Å². The number of carbonyl (C=O) groups excluding carboxylic acids is 2. The number of hydrogen-bond donors (Lipinski definition) is 2. The van der Waals surface area contributed by atoms with Gasteiger partial charge < -0.3 is 15.0 Å². The Morgan fingerprint density at radius 3 is 2.38 bits per heavy atom. The minimum Gasteiger partial charge on any atom is -0.481 e. The number of rotatable bonds is 7. The first-order valence-electron chi connectivity index (χ1n) is 6.90. The van der Waals surface area contributed by atoms with Crippen LogP contribution in [-0.4, -0.2) is 33.9 Å². The van der Waals surface area contributed by atoms with Crippen LogP contribution in [0.15, 0.2) is 12.3 Å². The van der Waals surface area contributed by atoms with Gasteiger partial charge in [-0.05, 0) is 25.3 Å². The van der Waals surface area contributed by atoms with Crippen LogP contribution in [0.4, 0.5) is 0 Å². The molecule has 1 aromatic heterocycles. The van der Waals surface area contributed by atoms with Gasteiger partial charge in [-0.25, -0.2) is 0 Å². The standard InChI is InChI=1S/C15H22N2O4/c1-9(2)5-11(15(20)21)7-16-14(19)13-6-12(10(3)18)8-17(13)4/h6,8-9,11H,5,7H2,1-4H3,(H,16,19)(H,20,21). The molecule has 1 aromatic rings. The van der Waals surface area contributed by atoms with Crippen LogP contribution >= 0.6 is 0 Å². The van der Waals surface area contributed by atoms with Gasteiger partial charge in [0.2, 0.25) is 0 Å². The van der Waals surface area contributed by atoms with E-state index < -0.39 is 11.9 Å². The fourth-order valence-electron chi connectivity index (χ4n) is 2.13. The van der Waals surface area contributed by atoms with Gasteiger partial charge >= 0.3 is 5.97 Å². The molecule has 116 valence electrons. The molecular weight excluding hydrogens is 272 g/mol. The summed E-state index contributed by atoms with van der Waals surface area (Å²) in [6.45, 7) is 5.38. The number of carbonyl (C=O) groups is 3. The van der Waals surface area contributed by atoms with Crippen molar-refractivity contribution in [1.29, 1.82) is 0 Å². The molecule has 0 aliphatic heterocycles. The van der Waals surface area contributed by atoms with Crippen LogP contribution in [0, 0.1) is 11.8 Å². The first kappa shape index (κ1) is 16.9. The highest BCUT2D eigenvalue weighted by Crippen LogP contribution is 2.12. The second kappa shape index (κ2) is 7.06. The maximum atomic E-state index is 12.1. The Morgan fingerprint density at radius 1 is 1.33 bits per heavy atom. The summed E-state index contributed by atoms with van der Waals surface area (Å²) in [6, 6.07) is 1.51. The van der Waals surface area contributed by atoms with Crippen LogP contribution in [-0.2, 0) is 11.8 Å². The fourth-order valence-corrected chi connectivity index (χ4v) is 2.13. The number of aliphatic carboxylic acids is 1. The van der Waals surface area contributed by atoms with E-state index in [0.29, 0.717) is 17.7 Å². The summed E-state index contributed by atoms with van der Waals surface area (Å²) in [5.41, 5.74) is 0.800. The molecule has 1 heterocycles. The largest absolute Gasteiger partial charge is 0.481 e. The molecule has 0 spiro atoms. The van der Waals surface area contributed by atoms with Crippen molar-refractivity contribution in [2.75, 3.05) is 6.54 Å². The lowest BCUT2D eigenvalue weighted by Gasteiger charge is -2.15. The summed E-state index contributed by atoms with van der Waals surface area (Å²) >= 11 is 0. The van der Waals surface area contributed by atoms with Gasteiger partial charge in [-0.3, -0.25) is 14.4 Å². The van der Waals surface area contributed by atoms with Crippen LogP contribution in [0.3, 0.4) is 0 Å². The number of aromatic nitrogens is 1. The number of nitrogens with zero attached hydrogens (tertiary/aromatic N) is 1. The maximum absolute atomic E-state index is 12.1. The summed E-state index contributed by atoms with van der Waals surface area (Å²) in [7, 11) is 1.67. The van der Waals surface area contributed by atoms with Crippen molar-refractivity contribution in [1.82, 2.24) is 9.88 Å². The molecule has 1 atom stereocenters. The van der Waals surface area contributed by atoms with Crippen molar-refractivity contribution in [3.05, 3.63) is 23.5 Å². The molecule has 1 unspecified atom stereocenters. The quantitative estimate of drug-likeness (QED) is 0.749. The molecule has 1 rings (SSSR count). The summed E-state index contributed by atoms with van der Waals surface area (Å²) in [5, 5.41) is 11.8. The maximum Gasteiger partial charge on any atom is 0.308 e. The third-order valence-corrected chi connectivity index (χ3v) is 3.26. The zero-order chi connectivity index (χ0) is 16.2. The number of Topliss-reactive ketones (excluding diaryl/α,β-unsaturated/α-hetero) is 1. The molecule has 0 bridgehead atoms. The van der Waals surface area contributed by atoms with Crippen LogP contribution in [0.5, 0.6) is 0 Å². The van der Waals surface area contributed by atoms with Crippen LogP contribution < -0.4 is 5.32 Å². The van der Waals surface area contributed by atoms with Gasteiger partial charge in [0.1, 0.15) is 5.69 Å². The fraction of sp³-hybridized carbons (Fsp3) is 0.533. The average Bonchev–Trinajstić information content (AvgIpc) is 2.75. The Balaban J connectivity index is 2.72. The van der Waals surface area contributed by atoms with Gasteiger partial charge in [0, 0.05) is 25.4 Å². The van der Waals surface area contributed by atoms with E-state index in [2.05, 4.69) is 5.32 Å². The van der Waals surface area contributed by atoms with Crippen molar-refractivity contribution in [3.63, 3.8) is 0 Å². The number of amides is 1. The minimum absolute atomic E-state index is 0.0763. The molecule has 0 aliphatic carbocycles. The Morgan fingerprint density at radius 2 is 1.95 bits per heavy atom. The average molecular weight is 294 g/mol. The van der Waals surface area contributed by atoms with E-state index in [4.69, 9.17) is 5.11 Å². The summed E-state index contributed by atoms with van der Waals surface area (Å²) in [5.74, 6) is -1.78. The van der Waals surface area contributed by atoms with E-state index in [1.54, 1.807) is 17.8 Å². The third-order valence-electron chi connectivity index (χ3n) is 3.26. The monoisotopic (exact) mass is 294 g/mol. The Labute approximate surface area is 124 Å². The smallest absolute Gasteiger partial charge is 0.308 e. The van der Waals surface area contributed by atoms with E-state index in [-0.39, 0.29) is 24.2 Å². The lowest BCUT2D eigenvalue weighted by Crippen LogP contribution is -2.34. The van der Waals surface area contributed by atoms with Crippen molar-refractivity contribution < 1.29 is 19.5 Å². The second-order valence-electron chi connectivity index (χ2n) is 5.66. The summed E-state index contributed by atoms with van der Waals surface area (Å²) in [4.78, 5) is 34.5. The van der Waals surface area contributed by atoms with Crippen molar-refractivity contribution in [2.24, 2.45) is 18.9 Å². The van der Waals surface area contributed by atoms with Crippen LogP contribution in [0.1, 0.15) is 48.0 Å². The van der Waals surface area contributed by atoms with Crippen LogP contribution in [0.25, 0.3) is 0 Å². The Hall–Kier alpha value is -2.11. The second-order valence-corrected chi connectivity index (χ2v) is 5.66. The number of nitrogens with one attached hydrogen (secondary N) is 1. The highest BCUT2D eigenvalue weighted by atomic mass is 16.4. The van der Waals surface area contributed by atoms with E-state index in [0.717, 1.165) is 0 Å². The molecule has 0 saturated heterocycles. The molecule has 21 heavy (non-hydrogen) atoms. The molecular formula is C15H22N2O4. The van der Waals surface area contributed by atoms with E-state index in [1.807, 2.05) is 13.8 Å². The number of hydrogen-bond acceptors (Lipinski definition) is 3. The van der Waals surface area contributed by atoms with Gasteiger partial charge in [-0.2, -0.15) is 0 Å². The highest BCUT2D eigenvalue weighted by Gasteiger charge is 2.21. The predicted octanol–water partition coefficient (Wildman–Crippen LogP) is 1.70. The summed E-state index contributed by atoms with van der Waals surface area (Å²) < 4.78 is 1.56. The van der Waals surface area contributed by atoms with Crippen molar-refractivity contribution in [3.8, 4) is 0 Å². The first-order chi connectivity index (χ1) is 9.72. The normalized spacial score (nSPS) is 12.2. The molecule has 0 fully saturated rings. The zero-order valence-electron chi connectivity index (χ0n) is 12.8. The molecule has 6 nitrogen and oxygen atoms in total. The molecule has 0 aliphatic rings. The zero-order valence-corrected chi connectivity index (χ0v) is 12.8. The van der Waals surface area contributed by atoms with Gasteiger partial charge in [-0.15, -0.1) is 0 Å². The minimum atomic E-state index is -0.916. The number of carboxylic acids is 1. The number of ketones is 1. The molecule has 1 amide bonds. The summed E-state index contributed by atoms with van der Waals surface area (Å²) in [6.07, 6.45) is 2.08. The lowest BCUT2D eigenvalue weighted by atomic mass is 9.97. The van der Waals surface area contributed by atoms with E-state index in [1.165, 1.54) is 13.0 Å². The van der Waals surface area contributed by atoms with E-state index in [9.17, 15) is 14.4 Å². The van der Waals surface area contributed by atoms with Gasteiger partial charge in [0.15, 0.2) is 5.78 Å². The Bertz CT molecular complexity index is 546. The van der Waals surface area contributed by atoms with Gasteiger partial charge in [-0.1, -0.05) is 13.8 Å². The predicted molar refractivity (Wildman–Crippen MR) is 78.3 cm³/mol. The van der Waals surface area contributed by atoms with E-state index >= 15 is 0 Å². The number of carboxylic acid groups (broad SMARTS) is 1. The number of aryl methyl sites for hydroxylation is 1. The van der Waals surface area contributed by atoms with Crippen LogP contribution in [0.2, 0.25) is 0 Å².